The molecule has 8 nitrogen and oxygen atoms in total. The number of nitrogens with zero attached hydrogens (tertiary/aromatic N) is 2. The fourth-order valence-electron chi connectivity index (χ4n) is 3.51. The molecule has 0 aliphatic rings. The number of carbonyl (C=O) groups excluding carboxylic acids is 3. The van der Waals surface area contributed by atoms with Crippen molar-refractivity contribution in [3.63, 3.8) is 0 Å². The van der Waals surface area contributed by atoms with Crippen LogP contribution in [-0.2, 0) is 9.53 Å². The van der Waals surface area contributed by atoms with Gasteiger partial charge >= 0.3 is 5.97 Å². The van der Waals surface area contributed by atoms with E-state index >= 15 is 0 Å². The van der Waals surface area contributed by atoms with Crippen molar-refractivity contribution in [1.82, 2.24) is 4.98 Å². The molecule has 0 atom stereocenters. The zero-order valence-electron chi connectivity index (χ0n) is 19.8. The Kier molecular flexibility index (Phi) is 7.89. The average Bonchev–Trinajstić information content (AvgIpc) is 3.34. The number of nitrogens with one attached hydrogen (secondary N) is 1. The van der Waals surface area contributed by atoms with Gasteiger partial charge < -0.3 is 15.8 Å². The van der Waals surface area contributed by atoms with Crippen LogP contribution in [0.25, 0.3) is 11.3 Å². The van der Waals surface area contributed by atoms with Gasteiger partial charge in [-0.2, -0.15) is 0 Å². The second-order valence-electron chi connectivity index (χ2n) is 7.86. The van der Waals surface area contributed by atoms with Crippen molar-refractivity contribution in [1.29, 1.82) is 0 Å². The van der Waals surface area contributed by atoms with Crippen LogP contribution in [0, 0.1) is 5.82 Å². The van der Waals surface area contributed by atoms with Crippen LogP contribution in [0.4, 0.5) is 20.9 Å². The number of nitrogens with two attached hydrogens (primary N) is 1. The molecular weight excluding hydrogens is 495 g/mol. The lowest BCUT2D eigenvalue weighted by atomic mass is 10.1. The first-order valence-electron chi connectivity index (χ1n) is 11.3. The highest BCUT2D eigenvalue weighted by molar-refractivity contribution is 7.13. The maximum absolute atomic E-state index is 13.4. The number of benzene rings is 3. The molecule has 188 valence electrons. The molecule has 0 bridgehead atoms. The number of aromatic nitrogens is 1. The second-order valence-corrected chi connectivity index (χ2v) is 8.75. The monoisotopic (exact) mass is 518 g/mol. The van der Waals surface area contributed by atoms with Crippen molar-refractivity contribution < 1.29 is 23.5 Å². The Hall–Kier alpha value is -4.57. The first-order chi connectivity index (χ1) is 17.8. The molecular formula is C27H23FN4O4S. The summed E-state index contributed by atoms with van der Waals surface area (Å²) in [7, 11) is 0. The molecule has 4 rings (SSSR count). The van der Waals surface area contributed by atoms with Crippen LogP contribution in [0.3, 0.4) is 0 Å². The zero-order valence-corrected chi connectivity index (χ0v) is 20.6. The van der Waals surface area contributed by atoms with Crippen molar-refractivity contribution in [3.05, 3.63) is 95.1 Å². The fourth-order valence-corrected chi connectivity index (χ4v) is 4.08. The summed E-state index contributed by atoms with van der Waals surface area (Å²) in [6, 6.07) is 18.2. The van der Waals surface area contributed by atoms with Gasteiger partial charge in [-0.1, -0.05) is 12.1 Å². The van der Waals surface area contributed by atoms with Gasteiger partial charge in [-0.3, -0.25) is 14.5 Å². The number of anilines is 3. The molecule has 1 heterocycles. The zero-order chi connectivity index (χ0) is 26.4. The fraction of sp³-hybridized carbons (Fsp3) is 0.111. The molecule has 2 amide bonds. The Labute approximate surface area is 216 Å². The number of hydrogen-bond acceptors (Lipinski definition) is 7. The number of esters is 1. The molecule has 4 aromatic rings. The summed E-state index contributed by atoms with van der Waals surface area (Å²) >= 11 is 1.34. The van der Waals surface area contributed by atoms with Gasteiger partial charge in [-0.25, -0.2) is 14.2 Å². The molecule has 3 N–H and O–H groups in total. The summed E-state index contributed by atoms with van der Waals surface area (Å²) in [4.78, 5) is 43.7. The van der Waals surface area contributed by atoms with E-state index in [4.69, 9.17) is 10.5 Å². The molecule has 1 aromatic heterocycles. The maximum atomic E-state index is 13.4. The quantitative estimate of drug-likeness (QED) is 0.318. The number of carbonyl (C=O) groups is 3. The highest BCUT2D eigenvalue weighted by Gasteiger charge is 2.22. The van der Waals surface area contributed by atoms with Crippen LogP contribution < -0.4 is 16.0 Å². The van der Waals surface area contributed by atoms with Crippen molar-refractivity contribution in [2.75, 3.05) is 29.1 Å². The van der Waals surface area contributed by atoms with E-state index in [0.29, 0.717) is 22.1 Å². The normalized spacial score (nSPS) is 10.5. The average molecular weight is 519 g/mol. The standard InChI is InChI=1S/C27H23FN4O4S/c1-2-36-26(35)19-7-13-22(14-8-19)32(25(34)18-3-9-20(28)10-4-18)15-24(33)30-21-11-5-17(6-12-21)23-16-37-27(29)31-23/h3-14,16H,2,15H2,1H3,(H2,29,31)(H,30,33). The number of thiazole rings is 1. The van der Waals surface area contributed by atoms with E-state index in [0.717, 1.165) is 11.3 Å². The number of amides is 2. The largest absolute Gasteiger partial charge is 0.462 e. The minimum Gasteiger partial charge on any atom is -0.462 e. The highest BCUT2D eigenvalue weighted by Crippen LogP contribution is 2.25. The third-order valence-electron chi connectivity index (χ3n) is 5.31. The van der Waals surface area contributed by atoms with Gasteiger partial charge in [0.2, 0.25) is 5.91 Å². The minimum absolute atomic E-state index is 0.204. The summed E-state index contributed by atoms with van der Waals surface area (Å²) < 4.78 is 18.4. The molecule has 0 unspecified atom stereocenters. The van der Waals surface area contributed by atoms with Crippen LogP contribution in [0.1, 0.15) is 27.6 Å². The van der Waals surface area contributed by atoms with Crippen LogP contribution >= 0.6 is 11.3 Å². The van der Waals surface area contributed by atoms with Crippen LogP contribution in [0.15, 0.2) is 78.2 Å². The van der Waals surface area contributed by atoms with Crippen molar-refractivity contribution in [3.8, 4) is 11.3 Å². The number of rotatable bonds is 8. The molecule has 3 aromatic carbocycles. The Bertz CT molecular complexity index is 1400. The lowest BCUT2D eigenvalue weighted by Gasteiger charge is -2.23. The summed E-state index contributed by atoms with van der Waals surface area (Å²) in [6.07, 6.45) is 0. The van der Waals surface area contributed by atoms with Crippen molar-refractivity contribution >= 4 is 45.6 Å². The van der Waals surface area contributed by atoms with Crippen LogP contribution in [-0.4, -0.2) is 35.9 Å². The minimum atomic E-state index is -0.504. The predicted molar refractivity (Wildman–Crippen MR) is 141 cm³/mol. The molecule has 10 heteroatoms. The molecule has 0 saturated carbocycles. The second kappa shape index (κ2) is 11.4. The SMILES string of the molecule is CCOC(=O)c1ccc(N(CC(=O)Nc2ccc(-c3csc(N)n3)cc2)C(=O)c2ccc(F)cc2)cc1. The summed E-state index contributed by atoms with van der Waals surface area (Å²) in [6.45, 7) is 1.62. The number of halogens is 1. The van der Waals surface area contributed by atoms with E-state index in [9.17, 15) is 18.8 Å². The van der Waals surface area contributed by atoms with Gasteiger partial charge in [-0.05, 0) is 67.6 Å². The van der Waals surface area contributed by atoms with E-state index in [-0.39, 0.29) is 18.7 Å². The number of nitrogen functional groups attached to an aromatic ring is 1. The third-order valence-corrected chi connectivity index (χ3v) is 5.99. The molecule has 0 aliphatic heterocycles. The molecule has 0 aliphatic carbocycles. The summed E-state index contributed by atoms with van der Waals surface area (Å²) in [5.74, 6) is -1.93. The first-order valence-corrected chi connectivity index (χ1v) is 12.2. The highest BCUT2D eigenvalue weighted by atomic mass is 32.1. The van der Waals surface area contributed by atoms with Crippen molar-refractivity contribution in [2.45, 2.75) is 6.92 Å². The number of ether oxygens (including phenoxy) is 1. The van der Waals surface area contributed by atoms with E-state index < -0.39 is 23.6 Å². The Morgan fingerprint density at radius 3 is 2.22 bits per heavy atom. The lowest BCUT2D eigenvalue weighted by molar-refractivity contribution is -0.114. The molecule has 37 heavy (non-hydrogen) atoms. The Balaban J connectivity index is 1.53. The van der Waals surface area contributed by atoms with Crippen molar-refractivity contribution in [2.24, 2.45) is 0 Å². The third kappa shape index (κ3) is 6.36. The van der Waals surface area contributed by atoms with Gasteiger partial charge in [0.15, 0.2) is 5.13 Å². The lowest BCUT2D eigenvalue weighted by Crippen LogP contribution is -2.38. The van der Waals surface area contributed by atoms with Gasteiger partial charge in [0.05, 0.1) is 17.9 Å². The van der Waals surface area contributed by atoms with Gasteiger partial charge in [-0.15, -0.1) is 11.3 Å². The van der Waals surface area contributed by atoms with E-state index in [1.807, 2.05) is 5.38 Å². The molecule has 0 radical (unpaired) electrons. The Morgan fingerprint density at radius 2 is 1.62 bits per heavy atom. The van der Waals surface area contributed by atoms with E-state index in [1.54, 1.807) is 43.3 Å². The topological polar surface area (TPSA) is 115 Å². The molecule has 0 fully saturated rings. The predicted octanol–water partition coefficient (Wildman–Crippen LogP) is 4.99. The summed E-state index contributed by atoms with van der Waals surface area (Å²) in [5.41, 5.74) is 8.71. The first kappa shape index (κ1) is 25.5. The van der Waals surface area contributed by atoms with E-state index in [2.05, 4.69) is 10.3 Å². The van der Waals surface area contributed by atoms with Crippen LogP contribution in [0.5, 0.6) is 0 Å². The maximum Gasteiger partial charge on any atom is 0.338 e. The number of hydrogen-bond donors (Lipinski definition) is 2. The summed E-state index contributed by atoms with van der Waals surface area (Å²) in [5, 5.41) is 5.09. The van der Waals surface area contributed by atoms with E-state index in [1.165, 1.54) is 52.6 Å². The van der Waals surface area contributed by atoms with Gasteiger partial charge in [0, 0.05) is 27.9 Å². The smallest absolute Gasteiger partial charge is 0.338 e. The molecule has 0 spiro atoms. The molecule has 0 saturated heterocycles. The van der Waals surface area contributed by atoms with Crippen LogP contribution in [0.2, 0.25) is 0 Å². The van der Waals surface area contributed by atoms with Gasteiger partial charge in [0.25, 0.3) is 5.91 Å². The Morgan fingerprint density at radius 1 is 0.973 bits per heavy atom. The van der Waals surface area contributed by atoms with Gasteiger partial charge in [0.1, 0.15) is 12.4 Å².